The van der Waals surface area contributed by atoms with Crippen LogP contribution in [0.3, 0.4) is 0 Å². The number of hydrogen-bond acceptors (Lipinski definition) is 1. The molecule has 74 valence electrons. The number of benzene rings is 1. The molecule has 0 spiro atoms. The molecule has 0 heterocycles. The molecule has 0 aromatic heterocycles. The van der Waals surface area contributed by atoms with Gasteiger partial charge in [-0.3, -0.25) is 0 Å². The molecule has 1 aromatic carbocycles. The third-order valence-corrected chi connectivity index (χ3v) is 4.72. The molecule has 0 saturated carbocycles. The lowest BCUT2D eigenvalue weighted by molar-refractivity contribution is 1.03. The molecule has 0 fully saturated rings. The van der Waals surface area contributed by atoms with Gasteiger partial charge >= 0.3 is 0 Å². The summed E-state index contributed by atoms with van der Waals surface area (Å²) in [5, 5.41) is 8.77. The first-order chi connectivity index (χ1) is 6.54. The zero-order valence-corrected chi connectivity index (χ0v) is 12.2. The van der Waals surface area contributed by atoms with Crippen molar-refractivity contribution in [2.24, 2.45) is 0 Å². The fraction of sp³-hybridized carbons (Fsp3) is 0.300. The van der Waals surface area contributed by atoms with Crippen LogP contribution in [0.15, 0.2) is 22.7 Å². The summed E-state index contributed by atoms with van der Waals surface area (Å²) >= 11 is 10.2. The molecule has 1 aromatic rings. The summed E-state index contributed by atoms with van der Waals surface area (Å²) in [6.07, 6.45) is 0. The second-order valence-electron chi connectivity index (χ2n) is 2.99. The monoisotopic (exact) mass is 379 g/mol. The predicted octanol–water partition coefficient (Wildman–Crippen LogP) is 4.48. The highest BCUT2D eigenvalue weighted by Gasteiger charge is 2.17. The van der Waals surface area contributed by atoms with E-state index in [2.05, 4.69) is 59.9 Å². The topological polar surface area (TPSA) is 23.8 Å². The maximum absolute atomic E-state index is 8.77. The number of nitriles is 1. The van der Waals surface area contributed by atoms with Gasteiger partial charge in [0, 0.05) is 4.47 Å². The Bertz CT molecular complexity index is 350. The smallest absolute Gasteiger partial charge is 0.118 e. The van der Waals surface area contributed by atoms with Gasteiger partial charge in [-0.2, -0.15) is 5.26 Å². The van der Waals surface area contributed by atoms with Gasteiger partial charge in [0.1, 0.15) is 4.83 Å². The van der Waals surface area contributed by atoms with Crippen LogP contribution < -0.4 is 0 Å². The number of halogens is 3. The molecular formula is C10H8Br3N. The molecule has 1 nitrogen and oxygen atoms in total. The van der Waals surface area contributed by atoms with Gasteiger partial charge in [-0.05, 0) is 30.2 Å². The highest BCUT2D eigenvalue weighted by molar-refractivity contribution is 9.12. The molecule has 0 saturated heterocycles. The minimum atomic E-state index is -0.212. The van der Waals surface area contributed by atoms with Crippen molar-refractivity contribution in [2.45, 2.75) is 16.6 Å². The summed E-state index contributed by atoms with van der Waals surface area (Å²) in [5.74, 6) is 0. The Kier molecular flexibility index (Phi) is 4.62. The van der Waals surface area contributed by atoms with E-state index in [4.69, 9.17) is 5.26 Å². The van der Waals surface area contributed by atoms with Crippen molar-refractivity contribution in [2.75, 3.05) is 0 Å². The predicted molar refractivity (Wildman–Crippen MR) is 68.9 cm³/mol. The average Bonchev–Trinajstić information content (AvgIpc) is 2.14. The Morgan fingerprint density at radius 3 is 2.43 bits per heavy atom. The van der Waals surface area contributed by atoms with E-state index in [1.165, 1.54) is 5.56 Å². The molecular weight excluding hydrogens is 374 g/mol. The van der Waals surface area contributed by atoms with Crippen molar-refractivity contribution in [3.63, 3.8) is 0 Å². The quantitative estimate of drug-likeness (QED) is 0.693. The van der Waals surface area contributed by atoms with Gasteiger partial charge in [0.2, 0.25) is 0 Å². The summed E-state index contributed by atoms with van der Waals surface area (Å²) in [6.45, 7) is 2.03. The third-order valence-electron chi connectivity index (χ3n) is 1.76. The largest absolute Gasteiger partial charge is 0.197 e. The Morgan fingerprint density at radius 1 is 1.29 bits per heavy atom. The number of nitrogens with zero attached hydrogens (tertiary/aromatic N) is 1. The van der Waals surface area contributed by atoms with Gasteiger partial charge in [-0.25, -0.2) is 0 Å². The van der Waals surface area contributed by atoms with Crippen molar-refractivity contribution >= 4 is 47.8 Å². The molecule has 1 rings (SSSR count). The van der Waals surface area contributed by atoms with Crippen LogP contribution in [0.4, 0.5) is 0 Å². The van der Waals surface area contributed by atoms with Gasteiger partial charge in [0.05, 0.1) is 10.9 Å². The van der Waals surface area contributed by atoms with E-state index in [0.29, 0.717) is 0 Å². The van der Waals surface area contributed by atoms with Crippen molar-refractivity contribution in [1.82, 2.24) is 0 Å². The summed E-state index contributed by atoms with van der Waals surface area (Å²) in [7, 11) is 0. The molecule has 4 heteroatoms. The second-order valence-corrected chi connectivity index (χ2v) is 5.88. The SMILES string of the molecule is Cc1cc(Br)cc(C(Br)C(Br)C#N)c1. The minimum Gasteiger partial charge on any atom is -0.197 e. The summed E-state index contributed by atoms with van der Waals surface area (Å²) in [4.78, 5) is -0.195. The molecule has 2 atom stereocenters. The van der Waals surface area contributed by atoms with E-state index in [1.807, 2.05) is 19.1 Å². The fourth-order valence-electron chi connectivity index (χ4n) is 1.16. The highest BCUT2D eigenvalue weighted by atomic mass is 79.9. The van der Waals surface area contributed by atoms with E-state index >= 15 is 0 Å². The van der Waals surface area contributed by atoms with Crippen molar-refractivity contribution in [1.29, 1.82) is 5.26 Å². The van der Waals surface area contributed by atoms with Crippen LogP contribution in [0.25, 0.3) is 0 Å². The lowest BCUT2D eigenvalue weighted by atomic mass is 10.1. The zero-order chi connectivity index (χ0) is 10.7. The van der Waals surface area contributed by atoms with E-state index in [9.17, 15) is 0 Å². The van der Waals surface area contributed by atoms with Crippen LogP contribution in [0, 0.1) is 18.3 Å². The van der Waals surface area contributed by atoms with Crippen molar-refractivity contribution in [3.8, 4) is 6.07 Å². The maximum atomic E-state index is 8.77. The first-order valence-corrected chi connectivity index (χ1v) is 6.62. The summed E-state index contributed by atoms with van der Waals surface area (Å²) < 4.78 is 1.04. The highest BCUT2D eigenvalue weighted by Crippen LogP contribution is 2.32. The summed E-state index contributed by atoms with van der Waals surface area (Å²) in [5.41, 5.74) is 2.27. The normalized spacial score (nSPS) is 14.5. The number of alkyl halides is 2. The van der Waals surface area contributed by atoms with E-state index in [-0.39, 0.29) is 9.65 Å². The second kappa shape index (κ2) is 5.29. The zero-order valence-electron chi connectivity index (χ0n) is 7.47. The molecule has 14 heavy (non-hydrogen) atoms. The molecule has 0 amide bonds. The van der Waals surface area contributed by atoms with Gasteiger partial charge in [0.25, 0.3) is 0 Å². The Morgan fingerprint density at radius 2 is 1.93 bits per heavy atom. The average molecular weight is 382 g/mol. The van der Waals surface area contributed by atoms with E-state index in [1.54, 1.807) is 0 Å². The number of rotatable bonds is 2. The van der Waals surface area contributed by atoms with Crippen LogP contribution in [0.1, 0.15) is 16.0 Å². The van der Waals surface area contributed by atoms with Crippen LogP contribution in [-0.2, 0) is 0 Å². The lowest BCUT2D eigenvalue weighted by Crippen LogP contribution is -2.03. The number of aryl methyl sites for hydroxylation is 1. The standard InChI is InChI=1S/C10H8Br3N/c1-6-2-7(4-8(11)3-6)10(13)9(12)5-14/h2-4,9-10H,1H3. The van der Waals surface area contributed by atoms with Gasteiger partial charge in [-0.15, -0.1) is 0 Å². The molecule has 0 bridgehead atoms. The van der Waals surface area contributed by atoms with Crippen LogP contribution >= 0.6 is 47.8 Å². The van der Waals surface area contributed by atoms with Gasteiger partial charge in [-0.1, -0.05) is 53.9 Å². The first-order valence-electron chi connectivity index (χ1n) is 3.99. The van der Waals surface area contributed by atoms with Crippen LogP contribution in [0.2, 0.25) is 0 Å². The summed E-state index contributed by atoms with van der Waals surface area (Å²) in [6, 6.07) is 8.27. The minimum absolute atomic E-state index is 0.0173. The molecule has 0 aliphatic rings. The van der Waals surface area contributed by atoms with E-state index < -0.39 is 0 Å². The van der Waals surface area contributed by atoms with E-state index in [0.717, 1.165) is 10.0 Å². The third kappa shape index (κ3) is 3.08. The molecule has 2 unspecified atom stereocenters. The molecule has 0 radical (unpaired) electrons. The van der Waals surface area contributed by atoms with Gasteiger partial charge < -0.3 is 0 Å². The van der Waals surface area contributed by atoms with Crippen molar-refractivity contribution in [3.05, 3.63) is 33.8 Å². The van der Waals surface area contributed by atoms with Crippen molar-refractivity contribution < 1.29 is 0 Å². The van der Waals surface area contributed by atoms with Crippen LogP contribution in [-0.4, -0.2) is 4.83 Å². The maximum Gasteiger partial charge on any atom is 0.118 e. The molecule has 0 aliphatic heterocycles. The molecule has 0 N–H and O–H groups in total. The Labute approximate surface area is 109 Å². The first kappa shape index (κ1) is 12.2. The molecule has 0 aliphatic carbocycles. The van der Waals surface area contributed by atoms with Gasteiger partial charge in [0.15, 0.2) is 0 Å². The Balaban J connectivity index is 3.02. The fourth-order valence-corrected chi connectivity index (χ4v) is 2.47. The number of hydrogen-bond donors (Lipinski definition) is 0. The lowest BCUT2D eigenvalue weighted by Gasteiger charge is -2.12. The van der Waals surface area contributed by atoms with Crippen LogP contribution in [0.5, 0.6) is 0 Å². The Hall–Kier alpha value is 0.150.